The van der Waals surface area contributed by atoms with E-state index in [1.807, 2.05) is 6.07 Å². The van der Waals surface area contributed by atoms with Crippen molar-refractivity contribution < 1.29 is 0 Å². The van der Waals surface area contributed by atoms with Crippen LogP contribution >= 0.6 is 38.9 Å². The van der Waals surface area contributed by atoms with E-state index in [1.165, 1.54) is 37.0 Å². The van der Waals surface area contributed by atoms with Crippen molar-refractivity contribution in [1.82, 2.24) is 0 Å². The summed E-state index contributed by atoms with van der Waals surface area (Å²) in [5.41, 5.74) is 6.89. The second kappa shape index (κ2) is 5.82. The summed E-state index contributed by atoms with van der Waals surface area (Å²) in [7, 11) is 0. The van der Waals surface area contributed by atoms with Gasteiger partial charge in [-0.15, -0.1) is 11.3 Å². The summed E-state index contributed by atoms with van der Waals surface area (Å²) in [6, 6.07) is 2.18. The Bertz CT molecular complexity index is 390. The molecule has 1 aliphatic rings. The molecule has 1 aromatic heterocycles. The number of nitrogens with two attached hydrogens (primary N) is 1. The molecule has 0 saturated heterocycles. The van der Waals surface area contributed by atoms with Gasteiger partial charge in [-0.3, -0.25) is 0 Å². The summed E-state index contributed by atoms with van der Waals surface area (Å²) >= 11 is 11.3. The van der Waals surface area contributed by atoms with E-state index in [2.05, 4.69) is 29.8 Å². The van der Waals surface area contributed by atoms with Crippen molar-refractivity contribution in [3.8, 4) is 0 Å². The Hall–Kier alpha value is 0.430. The minimum Gasteiger partial charge on any atom is -0.323 e. The largest absolute Gasteiger partial charge is 0.323 e. The first-order valence-electron chi connectivity index (χ1n) is 6.65. The molecule has 1 unspecified atom stereocenters. The van der Waals surface area contributed by atoms with E-state index in [4.69, 9.17) is 17.3 Å². The molecule has 1 saturated carbocycles. The Morgan fingerprint density at radius 3 is 2.50 bits per heavy atom. The third-order valence-corrected chi connectivity index (χ3v) is 6.60. The van der Waals surface area contributed by atoms with Crippen LogP contribution in [0.15, 0.2) is 9.85 Å². The third kappa shape index (κ3) is 2.95. The second-order valence-corrected chi connectivity index (χ2v) is 8.72. The van der Waals surface area contributed by atoms with Crippen molar-refractivity contribution in [2.75, 3.05) is 0 Å². The summed E-state index contributed by atoms with van der Waals surface area (Å²) in [4.78, 5) is 1.23. The average molecular weight is 351 g/mol. The molecule has 0 spiro atoms. The van der Waals surface area contributed by atoms with E-state index in [0.717, 1.165) is 8.81 Å². The Morgan fingerprint density at radius 2 is 2.06 bits per heavy atom. The molecule has 0 aromatic carbocycles. The highest BCUT2D eigenvalue weighted by molar-refractivity contribution is 9.11. The molecule has 18 heavy (non-hydrogen) atoms. The number of hydrogen-bond donors (Lipinski definition) is 1. The van der Waals surface area contributed by atoms with E-state index in [9.17, 15) is 0 Å². The zero-order valence-electron chi connectivity index (χ0n) is 11.0. The van der Waals surface area contributed by atoms with Crippen molar-refractivity contribution >= 4 is 38.9 Å². The lowest BCUT2D eigenvalue weighted by atomic mass is 9.72. The van der Waals surface area contributed by atoms with E-state index >= 15 is 0 Å². The first kappa shape index (κ1) is 14.8. The number of hydrogen-bond acceptors (Lipinski definition) is 2. The van der Waals surface area contributed by atoms with Crippen LogP contribution in [-0.4, -0.2) is 0 Å². The summed E-state index contributed by atoms with van der Waals surface area (Å²) in [5.74, 6) is 0.702. The molecule has 1 fully saturated rings. The molecule has 1 aromatic rings. The Morgan fingerprint density at radius 1 is 1.44 bits per heavy atom. The number of thiophene rings is 1. The molecule has 2 N–H and O–H groups in total. The Balaban J connectivity index is 2.25. The maximum atomic E-state index is 6.60. The molecule has 102 valence electrons. The quantitative estimate of drug-likeness (QED) is 0.733. The fourth-order valence-corrected chi connectivity index (χ4v) is 5.24. The highest BCUT2D eigenvalue weighted by Gasteiger charge is 2.41. The van der Waals surface area contributed by atoms with Crippen molar-refractivity contribution in [1.29, 1.82) is 0 Å². The predicted molar refractivity (Wildman–Crippen MR) is 84.3 cm³/mol. The third-order valence-electron chi connectivity index (χ3n) is 4.04. The van der Waals surface area contributed by atoms with Gasteiger partial charge in [0.15, 0.2) is 0 Å². The van der Waals surface area contributed by atoms with Crippen LogP contribution in [-0.2, 0) is 0 Å². The molecule has 1 atom stereocenters. The van der Waals surface area contributed by atoms with Crippen molar-refractivity contribution in [3.05, 3.63) is 19.8 Å². The molecule has 2 rings (SSSR count). The second-order valence-electron chi connectivity index (χ2n) is 5.92. The normalized spacial score (nSPS) is 20.6. The average Bonchev–Trinajstić information content (AvgIpc) is 2.86. The van der Waals surface area contributed by atoms with Gasteiger partial charge in [-0.05, 0) is 52.6 Å². The van der Waals surface area contributed by atoms with Crippen LogP contribution in [0.1, 0.15) is 56.9 Å². The zero-order valence-corrected chi connectivity index (χ0v) is 14.2. The molecule has 0 bridgehead atoms. The topological polar surface area (TPSA) is 26.0 Å². The van der Waals surface area contributed by atoms with Crippen LogP contribution in [0.5, 0.6) is 0 Å². The van der Waals surface area contributed by atoms with E-state index in [1.54, 1.807) is 11.3 Å². The van der Waals surface area contributed by atoms with E-state index < -0.39 is 0 Å². The van der Waals surface area contributed by atoms with Crippen LogP contribution < -0.4 is 5.73 Å². The number of halogens is 2. The Kier molecular flexibility index (Phi) is 4.80. The van der Waals surface area contributed by atoms with Gasteiger partial charge in [-0.25, -0.2) is 0 Å². The Labute approximate surface area is 127 Å². The van der Waals surface area contributed by atoms with Gasteiger partial charge in [0.2, 0.25) is 0 Å². The molecular weight excluding hydrogens is 330 g/mol. The SMILES string of the molecule is CC(C)CC1(C(N)c2cc(Cl)c(Br)s2)CCCC1. The smallest absolute Gasteiger partial charge is 0.0887 e. The van der Waals surface area contributed by atoms with Crippen molar-refractivity contribution in [3.63, 3.8) is 0 Å². The van der Waals surface area contributed by atoms with Gasteiger partial charge in [-0.1, -0.05) is 38.3 Å². The summed E-state index contributed by atoms with van der Waals surface area (Å²) in [5, 5.41) is 0.795. The standard InChI is InChI=1S/C14H21BrClNS/c1-9(2)8-14(5-3-4-6-14)12(17)11-7-10(16)13(15)18-11/h7,9,12H,3-6,8,17H2,1-2H3. The van der Waals surface area contributed by atoms with Crippen LogP contribution in [0.25, 0.3) is 0 Å². The molecular formula is C14H21BrClNS. The van der Waals surface area contributed by atoms with Crippen LogP contribution in [0.2, 0.25) is 5.02 Å². The van der Waals surface area contributed by atoms with Gasteiger partial charge in [0.1, 0.15) is 0 Å². The predicted octanol–water partition coefficient (Wildman–Crippen LogP) is 5.77. The van der Waals surface area contributed by atoms with Crippen molar-refractivity contribution in [2.45, 2.75) is 52.0 Å². The fraction of sp³-hybridized carbons (Fsp3) is 0.714. The summed E-state index contributed by atoms with van der Waals surface area (Å²) in [6.07, 6.45) is 6.39. The van der Waals surface area contributed by atoms with Gasteiger partial charge in [0.05, 0.1) is 8.81 Å². The monoisotopic (exact) mass is 349 g/mol. The van der Waals surface area contributed by atoms with Crippen LogP contribution in [0.4, 0.5) is 0 Å². The van der Waals surface area contributed by atoms with Gasteiger partial charge in [-0.2, -0.15) is 0 Å². The lowest BCUT2D eigenvalue weighted by Crippen LogP contribution is -2.33. The lowest BCUT2D eigenvalue weighted by Gasteiger charge is -2.36. The molecule has 1 nitrogen and oxygen atoms in total. The minimum absolute atomic E-state index is 0.135. The first-order chi connectivity index (χ1) is 8.44. The highest BCUT2D eigenvalue weighted by Crippen LogP contribution is 2.52. The zero-order chi connectivity index (χ0) is 13.3. The van der Waals surface area contributed by atoms with Gasteiger partial charge >= 0.3 is 0 Å². The number of rotatable bonds is 4. The molecule has 0 aliphatic heterocycles. The van der Waals surface area contributed by atoms with Crippen LogP contribution in [0.3, 0.4) is 0 Å². The van der Waals surface area contributed by atoms with Gasteiger partial charge in [0, 0.05) is 10.9 Å². The maximum Gasteiger partial charge on any atom is 0.0887 e. The lowest BCUT2D eigenvalue weighted by molar-refractivity contribution is 0.185. The summed E-state index contributed by atoms with van der Waals surface area (Å²) in [6.45, 7) is 4.59. The van der Waals surface area contributed by atoms with Crippen molar-refractivity contribution in [2.24, 2.45) is 17.1 Å². The molecule has 1 heterocycles. The molecule has 0 radical (unpaired) electrons. The van der Waals surface area contributed by atoms with Gasteiger partial charge < -0.3 is 5.73 Å². The van der Waals surface area contributed by atoms with Crippen LogP contribution in [0, 0.1) is 11.3 Å². The molecule has 4 heteroatoms. The molecule has 1 aliphatic carbocycles. The summed E-state index contributed by atoms with van der Waals surface area (Å²) < 4.78 is 1.01. The van der Waals surface area contributed by atoms with Gasteiger partial charge in [0.25, 0.3) is 0 Å². The van der Waals surface area contributed by atoms with E-state index in [0.29, 0.717) is 11.3 Å². The highest BCUT2D eigenvalue weighted by atomic mass is 79.9. The molecule has 0 amide bonds. The first-order valence-corrected chi connectivity index (χ1v) is 8.64. The minimum atomic E-state index is 0.135. The fourth-order valence-electron chi connectivity index (χ4n) is 3.35. The maximum absolute atomic E-state index is 6.60. The van der Waals surface area contributed by atoms with E-state index in [-0.39, 0.29) is 6.04 Å².